The molecule has 2 N–H and O–H groups in total. The molecule has 1 aliphatic carbocycles. The van der Waals surface area contributed by atoms with E-state index in [4.69, 9.17) is 5.11 Å². The predicted octanol–water partition coefficient (Wildman–Crippen LogP) is 2.62. The number of benzene rings is 1. The molecule has 0 bridgehead atoms. The van der Waals surface area contributed by atoms with Crippen molar-refractivity contribution in [2.24, 2.45) is 0 Å². The van der Waals surface area contributed by atoms with Gasteiger partial charge in [-0.2, -0.15) is 0 Å². The number of anilines is 1. The molecule has 1 saturated carbocycles. The second kappa shape index (κ2) is 6.35. The first-order chi connectivity index (χ1) is 9.13. The second-order valence-corrected chi connectivity index (χ2v) is 5.23. The lowest BCUT2D eigenvalue weighted by Gasteiger charge is -2.40. The minimum absolute atomic E-state index is 0.147. The summed E-state index contributed by atoms with van der Waals surface area (Å²) in [5, 5.41) is 18.9. The van der Waals surface area contributed by atoms with Gasteiger partial charge in [0.05, 0.1) is 6.10 Å². The summed E-state index contributed by atoms with van der Waals surface area (Å²) in [6, 6.07) is 5.04. The molecular weight excluding hydrogens is 245 g/mol. The molecule has 2 rings (SSSR count). The summed E-state index contributed by atoms with van der Waals surface area (Å²) < 4.78 is 13.4. The quantitative estimate of drug-likeness (QED) is 0.832. The highest BCUT2D eigenvalue weighted by Gasteiger charge is 2.27. The van der Waals surface area contributed by atoms with Crippen LogP contribution < -0.4 is 4.90 Å². The third-order valence-electron chi connectivity index (χ3n) is 3.82. The zero-order chi connectivity index (χ0) is 13.8. The first kappa shape index (κ1) is 14.3. The third-order valence-corrected chi connectivity index (χ3v) is 3.82. The average molecular weight is 267 g/mol. The van der Waals surface area contributed by atoms with Gasteiger partial charge in [-0.3, -0.25) is 0 Å². The van der Waals surface area contributed by atoms with Crippen LogP contribution in [0.2, 0.25) is 0 Å². The smallest absolute Gasteiger partial charge is 0.123 e. The third kappa shape index (κ3) is 3.25. The molecule has 1 aliphatic rings. The normalized spacial score (nSPS) is 17.1. The van der Waals surface area contributed by atoms with E-state index >= 15 is 0 Å². The van der Waals surface area contributed by atoms with Crippen LogP contribution in [-0.4, -0.2) is 29.4 Å². The molecule has 0 heterocycles. The van der Waals surface area contributed by atoms with Crippen molar-refractivity contribution in [3.63, 3.8) is 0 Å². The number of hydrogen-bond acceptors (Lipinski definition) is 3. The van der Waals surface area contributed by atoms with Gasteiger partial charge in [0.15, 0.2) is 0 Å². The molecule has 0 unspecified atom stereocenters. The number of rotatable bonds is 6. The summed E-state index contributed by atoms with van der Waals surface area (Å²) in [5.41, 5.74) is 1.53. The Bertz CT molecular complexity index is 419. The van der Waals surface area contributed by atoms with E-state index in [2.05, 4.69) is 4.90 Å². The second-order valence-electron chi connectivity index (χ2n) is 5.23. The lowest BCUT2D eigenvalue weighted by Crippen LogP contribution is -2.41. The van der Waals surface area contributed by atoms with Crippen molar-refractivity contribution in [1.82, 2.24) is 0 Å². The zero-order valence-corrected chi connectivity index (χ0v) is 11.3. The van der Waals surface area contributed by atoms with Gasteiger partial charge >= 0.3 is 0 Å². The Hall–Kier alpha value is -1.13. The fourth-order valence-electron chi connectivity index (χ4n) is 2.56. The van der Waals surface area contributed by atoms with Crippen LogP contribution in [0, 0.1) is 5.82 Å². The van der Waals surface area contributed by atoms with Crippen LogP contribution in [0.15, 0.2) is 18.2 Å². The van der Waals surface area contributed by atoms with Crippen molar-refractivity contribution >= 4 is 5.69 Å². The molecule has 0 radical (unpaired) electrons. The zero-order valence-electron chi connectivity index (χ0n) is 11.3. The van der Waals surface area contributed by atoms with Crippen molar-refractivity contribution in [2.75, 3.05) is 18.1 Å². The molecule has 1 aromatic rings. The van der Waals surface area contributed by atoms with E-state index in [0.717, 1.165) is 25.1 Å². The van der Waals surface area contributed by atoms with Crippen molar-refractivity contribution in [3.8, 4) is 0 Å². The number of hydrogen-bond donors (Lipinski definition) is 2. The lowest BCUT2D eigenvalue weighted by molar-refractivity contribution is 0.198. The molecular formula is C15H22FNO2. The largest absolute Gasteiger partial charge is 0.396 e. The number of halogens is 1. The number of aliphatic hydroxyl groups is 2. The Labute approximate surface area is 113 Å². The van der Waals surface area contributed by atoms with Gasteiger partial charge in [0.25, 0.3) is 0 Å². The van der Waals surface area contributed by atoms with Gasteiger partial charge in [-0.15, -0.1) is 0 Å². The van der Waals surface area contributed by atoms with Gasteiger partial charge in [-0.05, 0) is 50.8 Å². The maximum atomic E-state index is 13.4. The van der Waals surface area contributed by atoms with E-state index in [1.807, 2.05) is 0 Å². The van der Waals surface area contributed by atoms with Crippen molar-refractivity contribution in [1.29, 1.82) is 0 Å². The molecule has 0 aromatic heterocycles. The summed E-state index contributed by atoms with van der Waals surface area (Å²) in [7, 11) is 0. The number of nitrogens with zero attached hydrogens (tertiary/aromatic N) is 1. The van der Waals surface area contributed by atoms with E-state index in [9.17, 15) is 9.50 Å². The van der Waals surface area contributed by atoms with Crippen LogP contribution in [-0.2, 0) is 0 Å². The van der Waals surface area contributed by atoms with Crippen LogP contribution >= 0.6 is 0 Å². The van der Waals surface area contributed by atoms with Gasteiger partial charge in [-0.1, -0.05) is 0 Å². The van der Waals surface area contributed by atoms with Crippen LogP contribution in [0.5, 0.6) is 0 Å². The first-order valence-corrected chi connectivity index (χ1v) is 6.98. The van der Waals surface area contributed by atoms with Crippen LogP contribution in [0.4, 0.5) is 10.1 Å². The Balaban J connectivity index is 2.28. The van der Waals surface area contributed by atoms with Gasteiger partial charge in [0.1, 0.15) is 5.82 Å². The molecule has 19 heavy (non-hydrogen) atoms. The molecule has 106 valence electrons. The predicted molar refractivity (Wildman–Crippen MR) is 73.7 cm³/mol. The standard InChI is InChI=1S/C15H22FNO2/c1-11(19)14-10-12(16)6-7-15(14)17(8-3-9-18)13-4-2-5-13/h6-7,10-11,13,18-19H,2-5,8-9H2,1H3/t11-/m1/s1. The molecule has 0 saturated heterocycles. The highest BCUT2D eigenvalue weighted by Crippen LogP contribution is 2.34. The van der Waals surface area contributed by atoms with Crippen LogP contribution in [0.25, 0.3) is 0 Å². The Morgan fingerprint density at radius 2 is 2.16 bits per heavy atom. The monoisotopic (exact) mass is 267 g/mol. The van der Waals surface area contributed by atoms with Crippen LogP contribution in [0.3, 0.4) is 0 Å². The number of aliphatic hydroxyl groups excluding tert-OH is 2. The van der Waals surface area contributed by atoms with Gasteiger partial charge in [0, 0.05) is 30.4 Å². The summed E-state index contributed by atoms with van der Waals surface area (Å²) in [6.45, 7) is 2.55. The molecule has 0 spiro atoms. The summed E-state index contributed by atoms with van der Waals surface area (Å²) in [4.78, 5) is 2.21. The molecule has 1 aromatic carbocycles. The van der Waals surface area contributed by atoms with E-state index in [-0.39, 0.29) is 12.4 Å². The van der Waals surface area contributed by atoms with Crippen molar-refractivity contribution in [3.05, 3.63) is 29.6 Å². The first-order valence-electron chi connectivity index (χ1n) is 6.98. The highest BCUT2D eigenvalue weighted by molar-refractivity contribution is 5.56. The van der Waals surface area contributed by atoms with E-state index in [0.29, 0.717) is 18.0 Å². The topological polar surface area (TPSA) is 43.7 Å². The van der Waals surface area contributed by atoms with Gasteiger partial charge in [0.2, 0.25) is 0 Å². The summed E-state index contributed by atoms with van der Waals surface area (Å²) >= 11 is 0. The SMILES string of the molecule is C[C@@H](O)c1cc(F)ccc1N(CCCO)C1CCC1. The Morgan fingerprint density at radius 3 is 2.68 bits per heavy atom. The van der Waals surface area contributed by atoms with Gasteiger partial charge < -0.3 is 15.1 Å². The Morgan fingerprint density at radius 1 is 1.42 bits per heavy atom. The minimum atomic E-state index is -0.692. The molecule has 0 amide bonds. The van der Waals surface area contributed by atoms with E-state index < -0.39 is 6.10 Å². The lowest BCUT2D eigenvalue weighted by atomic mass is 9.90. The maximum Gasteiger partial charge on any atom is 0.123 e. The molecule has 3 nitrogen and oxygen atoms in total. The maximum absolute atomic E-state index is 13.4. The van der Waals surface area contributed by atoms with Crippen molar-refractivity contribution < 1.29 is 14.6 Å². The average Bonchev–Trinajstić information content (AvgIpc) is 2.32. The van der Waals surface area contributed by atoms with Crippen molar-refractivity contribution in [2.45, 2.75) is 44.8 Å². The molecule has 4 heteroatoms. The minimum Gasteiger partial charge on any atom is -0.396 e. The van der Waals surface area contributed by atoms with Crippen LogP contribution in [0.1, 0.15) is 44.3 Å². The van der Waals surface area contributed by atoms with E-state index in [1.165, 1.54) is 18.6 Å². The van der Waals surface area contributed by atoms with E-state index in [1.54, 1.807) is 13.0 Å². The Kier molecular flexibility index (Phi) is 4.77. The summed E-state index contributed by atoms with van der Waals surface area (Å²) in [6.07, 6.45) is 3.46. The molecule has 0 aliphatic heterocycles. The molecule has 1 fully saturated rings. The molecule has 1 atom stereocenters. The fourth-order valence-corrected chi connectivity index (χ4v) is 2.56. The summed E-state index contributed by atoms with van der Waals surface area (Å²) in [5.74, 6) is -0.324. The highest BCUT2D eigenvalue weighted by atomic mass is 19.1. The van der Waals surface area contributed by atoms with Gasteiger partial charge in [-0.25, -0.2) is 4.39 Å². The fraction of sp³-hybridized carbons (Fsp3) is 0.600.